The Bertz CT molecular complexity index is 774. The summed E-state index contributed by atoms with van der Waals surface area (Å²) in [7, 11) is 3.01. The predicted molar refractivity (Wildman–Crippen MR) is 92.1 cm³/mol. The average Bonchev–Trinajstić information content (AvgIpc) is 2.56. The van der Waals surface area contributed by atoms with E-state index in [1.807, 2.05) is 0 Å². The number of carbonyl (C=O) groups excluding carboxylic acids is 3. The number of aliphatic hydroxyl groups excluding tert-OH is 3. The van der Waals surface area contributed by atoms with Gasteiger partial charge in [-0.2, -0.15) is 0 Å². The van der Waals surface area contributed by atoms with Gasteiger partial charge in [0.1, 0.15) is 17.4 Å². The third kappa shape index (κ3) is 2.42. The summed E-state index contributed by atoms with van der Waals surface area (Å²) in [6.07, 6.45) is -0.372. The third-order valence-electron chi connectivity index (χ3n) is 6.25. The van der Waals surface area contributed by atoms with Gasteiger partial charge < -0.3 is 26.2 Å². The number of carbonyl (C=O) groups is 3. The number of fused-ring (bicyclic) bond motifs is 2. The minimum absolute atomic E-state index is 0.316. The molecule has 9 nitrogen and oxygen atoms in total. The lowest BCUT2D eigenvalue weighted by atomic mass is 9.52. The van der Waals surface area contributed by atoms with Crippen molar-refractivity contribution in [1.82, 2.24) is 4.90 Å². The molecule has 0 bridgehead atoms. The smallest absolute Gasteiger partial charge is 0.255 e. The van der Waals surface area contributed by atoms with Gasteiger partial charge in [0.05, 0.1) is 18.1 Å². The minimum atomic E-state index is -2.58. The number of allylic oxidation sites excluding steroid dienone is 2. The largest absolute Gasteiger partial charge is 0.508 e. The lowest BCUT2D eigenvalue weighted by Gasteiger charge is -2.57. The Morgan fingerprint density at radius 1 is 1.26 bits per heavy atom. The molecule has 6 N–H and O–H groups in total. The molecule has 0 aromatic carbocycles. The average molecular weight is 380 g/mol. The zero-order valence-electron chi connectivity index (χ0n) is 15.2. The molecule has 8 atom stereocenters. The number of ketones is 2. The first-order chi connectivity index (χ1) is 12.5. The van der Waals surface area contributed by atoms with E-state index in [4.69, 9.17) is 5.73 Å². The number of hydrogen-bond acceptors (Lipinski definition) is 8. The first-order valence-corrected chi connectivity index (χ1v) is 8.70. The van der Waals surface area contributed by atoms with Crippen LogP contribution in [-0.2, 0) is 14.4 Å². The maximum atomic E-state index is 12.8. The maximum Gasteiger partial charge on any atom is 0.255 e. The molecule has 1 amide bonds. The maximum absolute atomic E-state index is 12.8. The molecule has 1 saturated carbocycles. The van der Waals surface area contributed by atoms with Crippen molar-refractivity contribution < 1.29 is 34.8 Å². The fourth-order valence-electron chi connectivity index (χ4n) is 5.01. The van der Waals surface area contributed by atoms with Crippen LogP contribution < -0.4 is 5.73 Å². The fraction of sp³-hybridized carbons (Fsp3) is 0.611. The molecule has 148 valence electrons. The molecule has 9 heteroatoms. The van der Waals surface area contributed by atoms with Crippen molar-refractivity contribution in [3.63, 3.8) is 0 Å². The van der Waals surface area contributed by atoms with Gasteiger partial charge in [0.15, 0.2) is 17.2 Å². The molecule has 0 aromatic heterocycles. The Labute approximate surface area is 155 Å². The van der Waals surface area contributed by atoms with Crippen LogP contribution in [0.4, 0.5) is 0 Å². The molecular formula is C18H24N2O7. The summed E-state index contributed by atoms with van der Waals surface area (Å²) in [5.41, 5.74) is 1.82. The number of hydrogen-bond donors (Lipinski definition) is 5. The number of amides is 1. The summed E-state index contributed by atoms with van der Waals surface area (Å²) < 4.78 is 0. The van der Waals surface area contributed by atoms with Gasteiger partial charge in [-0.25, -0.2) is 0 Å². The van der Waals surface area contributed by atoms with E-state index in [1.54, 1.807) is 13.0 Å². The molecule has 0 aromatic rings. The van der Waals surface area contributed by atoms with Crippen molar-refractivity contribution in [2.24, 2.45) is 29.4 Å². The number of Topliss-reactive ketones (excluding diaryl/α,β-unsaturated/α-hetero) is 1. The van der Waals surface area contributed by atoms with Gasteiger partial charge in [0, 0.05) is 11.8 Å². The van der Waals surface area contributed by atoms with Crippen molar-refractivity contribution in [3.8, 4) is 0 Å². The van der Waals surface area contributed by atoms with Crippen LogP contribution in [0.15, 0.2) is 23.5 Å². The Morgan fingerprint density at radius 2 is 1.85 bits per heavy atom. The Kier molecular flexibility index (Phi) is 4.54. The second-order valence-electron chi connectivity index (χ2n) is 7.87. The zero-order valence-corrected chi connectivity index (χ0v) is 15.2. The van der Waals surface area contributed by atoms with Crippen LogP contribution >= 0.6 is 0 Å². The van der Waals surface area contributed by atoms with Gasteiger partial charge in [-0.15, -0.1) is 0 Å². The highest BCUT2D eigenvalue weighted by Crippen LogP contribution is 2.53. The summed E-state index contributed by atoms with van der Waals surface area (Å²) in [6, 6.07) is -1.23. The van der Waals surface area contributed by atoms with E-state index < -0.39 is 70.4 Å². The first-order valence-electron chi connectivity index (χ1n) is 8.70. The second kappa shape index (κ2) is 6.23. The summed E-state index contributed by atoms with van der Waals surface area (Å²) in [4.78, 5) is 38.4. The number of nitrogens with two attached hydrogens (primary N) is 1. The quantitative estimate of drug-likeness (QED) is 0.340. The van der Waals surface area contributed by atoms with Crippen molar-refractivity contribution >= 4 is 17.5 Å². The molecule has 0 radical (unpaired) electrons. The van der Waals surface area contributed by atoms with Crippen molar-refractivity contribution in [2.75, 3.05) is 14.1 Å². The number of nitrogens with zero attached hydrogens (tertiary/aromatic N) is 1. The molecule has 0 heterocycles. The number of primary amides is 1. The van der Waals surface area contributed by atoms with Gasteiger partial charge >= 0.3 is 0 Å². The molecule has 1 fully saturated rings. The monoisotopic (exact) mass is 380 g/mol. The lowest BCUT2D eigenvalue weighted by Crippen LogP contribution is -2.74. The van der Waals surface area contributed by atoms with E-state index in [-0.39, 0.29) is 5.92 Å². The fourth-order valence-corrected chi connectivity index (χ4v) is 5.01. The van der Waals surface area contributed by atoms with E-state index in [9.17, 15) is 34.8 Å². The van der Waals surface area contributed by atoms with Crippen LogP contribution in [-0.4, -0.2) is 80.7 Å². The molecule has 0 saturated heterocycles. The van der Waals surface area contributed by atoms with Crippen LogP contribution in [0.3, 0.4) is 0 Å². The van der Waals surface area contributed by atoms with Crippen LogP contribution in [0.1, 0.15) is 6.92 Å². The SMILES string of the molecule is CC1C=CC(=O)C2C1C(O)C1C(N(C)C)C(=O)C(C(N)=O)=C(O)[C@@]1(O)C2O. The molecule has 0 spiro atoms. The molecule has 0 aliphatic heterocycles. The Morgan fingerprint density at radius 3 is 2.37 bits per heavy atom. The predicted octanol–water partition coefficient (Wildman–Crippen LogP) is -2.11. The lowest BCUT2D eigenvalue weighted by molar-refractivity contribution is -0.228. The third-order valence-corrected chi connectivity index (χ3v) is 6.25. The van der Waals surface area contributed by atoms with E-state index in [0.717, 1.165) is 0 Å². The highest BCUT2D eigenvalue weighted by atomic mass is 16.4. The van der Waals surface area contributed by atoms with E-state index in [0.29, 0.717) is 0 Å². The van der Waals surface area contributed by atoms with Gasteiger partial charge in [0.2, 0.25) is 0 Å². The topological polar surface area (TPSA) is 161 Å². The standard InChI is InChI=1S/C18H24N2O7/c1-6-4-5-7(21)9-8(6)13(22)11-12(20(2)3)14(23)10(17(19)26)16(25)18(11,27)15(9)24/h4-6,8-9,11-13,15,22,24-25,27H,1-3H3,(H2,19,26)/t6?,8?,9?,11?,12?,13?,15?,18-/m0/s1. The number of likely N-dealkylation sites (N-methyl/N-ethyl adjacent to an activating group) is 1. The Hall–Kier alpha value is -2.07. The highest BCUT2D eigenvalue weighted by molar-refractivity contribution is 6.22. The summed E-state index contributed by atoms with van der Waals surface area (Å²) in [5, 5.41) is 43.9. The highest BCUT2D eigenvalue weighted by Gasteiger charge is 2.68. The number of rotatable bonds is 2. The van der Waals surface area contributed by atoms with Crippen LogP contribution in [0.2, 0.25) is 0 Å². The Balaban J connectivity index is 2.29. The van der Waals surface area contributed by atoms with Gasteiger partial charge in [-0.1, -0.05) is 13.0 Å². The van der Waals surface area contributed by atoms with Crippen molar-refractivity contribution in [2.45, 2.75) is 30.8 Å². The molecule has 3 rings (SSSR count). The van der Waals surface area contributed by atoms with E-state index >= 15 is 0 Å². The first kappa shape index (κ1) is 19.7. The summed E-state index contributed by atoms with van der Waals surface area (Å²) in [6.45, 7) is 1.75. The minimum Gasteiger partial charge on any atom is -0.508 e. The van der Waals surface area contributed by atoms with Gasteiger partial charge in [-0.3, -0.25) is 19.3 Å². The molecule has 3 aliphatic rings. The summed E-state index contributed by atoms with van der Waals surface area (Å²) >= 11 is 0. The van der Waals surface area contributed by atoms with Crippen LogP contribution in [0.25, 0.3) is 0 Å². The van der Waals surface area contributed by atoms with Crippen molar-refractivity contribution in [3.05, 3.63) is 23.5 Å². The summed E-state index contributed by atoms with van der Waals surface area (Å²) in [5.74, 6) is -7.36. The number of aliphatic hydroxyl groups is 4. The normalized spacial score (nSPS) is 44.3. The van der Waals surface area contributed by atoms with Gasteiger partial charge in [0.25, 0.3) is 5.91 Å². The van der Waals surface area contributed by atoms with Gasteiger partial charge in [-0.05, 0) is 26.1 Å². The second-order valence-corrected chi connectivity index (χ2v) is 7.87. The van der Waals surface area contributed by atoms with Crippen molar-refractivity contribution in [1.29, 1.82) is 0 Å². The molecular weight excluding hydrogens is 356 g/mol. The zero-order chi connectivity index (χ0) is 20.4. The molecule has 3 aliphatic carbocycles. The van der Waals surface area contributed by atoms with Crippen LogP contribution in [0, 0.1) is 23.7 Å². The van der Waals surface area contributed by atoms with E-state index in [1.165, 1.54) is 25.1 Å². The molecule has 27 heavy (non-hydrogen) atoms. The van der Waals surface area contributed by atoms with E-state index in [2.05, 4.69) is 0 Å². The van der Waals surface area contributed by atoms with Crippen LogP contribution in [0.5, 0.6) is 0 Å². The molecule has 7 unspecified atom stereocenters.